The molecule has 1 saturated heterocycles. The molecule has 17 heavy (non-hydrogen) atoms. The number of carbonyl (C=O) groups is 1. The molecule has 0 bridgehead atoms. The van der Waals surface area contributed by atoms with Gasteiger partial charge in [0.1, 0.15) is 0 Å². The van der Waals surface area contributed by atoms with Crippen molar-refractivity contribution >= 4 is 6.03 Å². The van der Waals surface area contributed by atoms with Gasteiger partial charge in [0.05, 0.1) is 0 Å². The maximum atomic E-state index is 10.9. The van der Waals surface area contributed by atoms with Crippen molar-refractivity contribution in [2.45, 2.75) is 44.6 Å². The Balaban J connectivity index is 1.97. The Kier molecular flexibility index (Phi) is 6.96. The highest BCUT2D eigenvalue weighted by Gasteiger charge is 2.20. The molecule has 1 aliphatic rings. The number of hydrogen-bond donors (Lipinski definition) is 3. The van der Waals surface area contributed by atoms with Crippen LogP contribution in [0.1, 0.15) is 38.5 Å². The van der Waals surface area contributed by atoms with E-state index in [9.17, 15) is 4.79 Å². The molecule has 5 nitrogen and oxygen atoms in total. The summed E-state index contributed by atoms with van der Waals surface area (Å²) in [7, 11) is 0. The van der Waals surface area contributed by atoms with Crippen molar-refractivity contribution in [1.29, 1.82) is 0 Å². The minimum Gasteiger partial charge on any atom is -0.396 e. The number of hydrogen-bond acceptors (Lipinski definition) is 3. The summed E-state index contributed by atoms with van der Waals surface area (Å²) < 4.78 is 0. The summed E-state index contributed by atoms with van der Waals surface area (Å²) in [6.07, 6.45) is 6.36. The van der Waals surface area contributed by atoms with Crippen molar-refractivity contribution in [2.24, 2.45) is 5.73 Å². The van der Waals surface area contributed by atoms with Crippen molar-refractivity contribution in [3.63, 3.8) is 0 Å². The minimum atomic E-state index is -0.299. The van der Waals surface area contributed by atoms with Crippen molar-refractivity contribution < 1.29 is 9.90 Å². The van der Waals surface area contributed by atoms with Crippen LogP contribution in [-0.4, -0.2) is 48.3 Å². The van der Waals surface area contributed by atoms with E-state index in [1.807, 2.05) is 0 Å². The average molecular weight is 243 g/mol. The molecule has 0 saturated carbocycles. The number of aliphatic hydroxyl groups excluding tert-OH is 1. The number of nitrogens with zero attached hydrogens (tertiary/aromatic N) is 1. The van der Waals surface area contributed by atoms with E-state index in [2.05, 4.69) is 5.32 Å². The molecule has 0 aromatic heterocycles. The van der Waals surface area contributed by atoms with E-state index in [1.54, 1.807) is 4.90 Å². The third kappa shape index (κ3) is 5.89. The minimum absolute atomic E-state index is 0.299. The lowest BCUT2D eigenvalue weighted by atomic mass is 10.1. The first kappa shape index (κ1) is 14.3. The van der Waals surface area contributed by atoms with Gasteiger partial charge in [0.25, 0.3) is 0 Å². The lowest BCUT2D eigenvalue weighted by Crippen LogP contribution is -2.46. The molecule has 1 rings (SSSR count). The van der Waals surface area contributed by atoms with Crippen molar-refractivity contribution in [3.05, 3.63) is 0 Å². The lowest BCUT2D eigenvalue weighted by Gasteiger charge is -2.31. The van der Waals surface area contributed by atoms with E-state index in [4.69, 9.17) is 10.8 Å². The molecular formula is C12H25N3O2. The Hall–Kier alpha value is -0.810. The fourth-order valence-corrected chi connectivity index (χ4v) is 2.20. The van der Waals surface area contributed by atoms with E-state index in [1.165, 1.54) is 6.42 Å². The third-order valence-corrected chi connectivity index (χ3v) is 3.32. The van der Waals surface area contributed by atoms with Crippen LogP contribution >= 0.6 is 0 Å². The van der Waals surface area contributed by atoms with Crippen LogP contribution in [0.15, 0.2) is 0 Å². The fourth-order valence-electron chi connectivity index (χ4n) is 2.20. The summed E-state index contributed by atoms with van der Waals surface area (Å²) in [4.78, 5) is 12.6. The number of likely N-dealkylation sites (tertiary alicyclic amines) is 1. The zero-order valence-corrected chi connectivity index (χ0v) is 10.5. The number of nitrogens with two attached hydrogens (primary N) is 1. The highest BCUT2D eigenvalue weighted by Crippen LogP contribution is 2.10. The second kappa shape index (κ2) is 8.31. The van der Waals surface area contributed by atoms with Crippen molar-refractivity contribution in [2.75, 3.05) is 26.2 Å². The summed E-state index contributed by atoms with van der Waals surface area (Å²) in [6.45, 7) is 2.89. The third-order valence-electron chi connectivity index (χ3n) is 3.32. The van der Waals surface area contributed by atoms with Crippen LogP contribution in [0.25, 0.3) is 0 Å². The number of primary amides is 1. The highest BCUT2D eigenvalue weighted by atomic mass is 16.2. The fraction of sp³-hybridized carbons (Fsp3) is 0.917. The van der Waals surface area contributed by atoms with Gasteiger partial charge in [-0.25, -0.2) is 4.79 Å². The maximum Gasteiger partial charge on any atom is 0.314 e. The second-order valence-corrected chi connectivity index (χ2v) is 4.69. The Morgan fingerprint density at radius 3 is 2.47 bits per heavy atom. The quantitative estimate of drug-likeness (QED) is 0.575. The summed E-state index contributed by atoms with van der Waals surface area (Å²) in [6, 6.07) is 0.232. The topological polar surface area (TPSA) is 78.6 Å². The largest absolute Gasteiger partial charge is 0.396 e. The van der Waals surface area contributed by atoms with Gasteiger partial charge in [0.15, 0.2) is 0 Å². The molecule has 1 heterocycles. The number of urea groups is 1. The predicted octanol–water partition coefficient (Wildman–Crippen LogP) is 0.672. The van der Waals surface area contributed by atoms with Crippen LogP contribution in [0.3, 0.4) is 0 Å². The van der Waals surface area contributed by atoms with Crippen LogP contribution < -0.4 is 11.1 Å². The number of aliphatic hydroxyl groups is 1. The van der Waals surface area contributed by atoms with Crippen LogP contribution in [-0.2, 0) is 0 Å². The molecule has 2 amide bonds. The molecule has 0 aromatic carbocycles. The maximum absolute atomic E-state index is 10.9. The van der Waals surface area contributed by atoms with Gasteiger partial charge in [-0.05, 0) is 32.2 Å². The Morgan fingerprint density at radius 2 is 1.88 bits per heavy atom. The first-order valence-corrected chi connectivity index (χ1v) is 6.62. The molecule has 0 aromatic rings. The average Bonchev–Trinajstić information content (AvgIpc) is 2.34. The number of amides is 2. The van der Waals surface area contributed by atoms with Gasteiger partial charge in [-0.3, -0.25) is 0 Å². The molecule has 4 N–H and O–H groups in total. The van der Waals surface area contributed by atoms with Crippen LogP contribution in [0.5, 0.6) is 0 Å². The van der Waals surface area contributed by atoms with Crippen molar-refractivity contribution in [1.82, 2.24) is 10.2 Å². The molecule has 0 spiro atoms. The van der Waals surface area contributed by atoms with E-state index in [-0.39, 0.29) is 6.03 Å². The number of carbonyl (C=O) groups excluding carboxylic acids is 1. The van der Waals surface area contributed by atoms with Crippen molar-refractivity contribution in [3.8, 4) is 0 Å². The number of rotatable bonds is 7. The molecule has 0 aliphatic carbocycles. The Labute approximate surface area is 103 Å². The van der Waals surface area contributed by atoms with Gasteiger partial charge < -0.3 is 21.1 Å². The standard InChI is InChI=1S/C12H25N3O2/c13-12(17)15-8-5-11(6-9-15)14-7-3-1-2-4-10-16/h11,14,16H,1-10H2,(H2,13,17). The summed E-state index contributed by atoms with van der Waals surface area (Å²) in [5.41, 5.74) is 5.23. The predicted molar refractivity (Wildman–Crippen MR) is 67.7 cm³/mol. The van der Waals surface area contributed by atoms with E-state index in [0.29, 0.717) is 12.6 Å². The zero-order chi connectivity index (χ0) is 12.5. The van der Waals surface area contributed by atoms with Crippen LogP contribution in [0, 0.1) is 0 Å². The molecule has 1 aliphatic heterocycles. The van der Waals surface area contributed by atoms with Gasteiger partial charge in [-0.15, -0.1) is 0 Å². The molecule has 0 unspecified atom stereocenters. The molecule has 100 valence electrons. The number of unbranched alkanes of at least 4 members (excludes halogenated alkanes) is 3. The van der Waals surface area contributed by atoms with E-state index in [0.717, 1.165) is 51.7 Å². The van der Waals surface area contributed by atoms with Gasteiger partial charge in [0.2, 0.25) is 0 Å². The smallest absolute Gasteiger partial charge is 0.314 e. The summed E-state index contributed by atoms with van der Waals surface area (Å²) in [5, 5.41) is 12.2. The monoisotopic (exact) mass is 243 g/mol. The summed E-state index contributed by atoms with van der Waals surface area (Å²) in [5.74, 6) is 0. The Morgan fingerprint density at radius 1 is 1.24 bits per heavy atom. The molecule has 5 heteroatoms. The first-order valence-electron chi connectivity index (χ1n) is 6.62. The first-order chi connectivity index (χ1) is 8.24. The van der Waals surface area contributed by atoms with Crippen LogP contribution in [0.2, 0.25) is 0 Å². The summed E-state index contributed by atoms with van der Waals surface area (Å²) >= 11 is 0. The normalized spacial score (nSPS) is 17.4. The molecule has 0 radical (unpaired) electrons. The van der Waals surface area contributed by atoms with E-state index >= 15 is 0 Å². The molecule has 0 atom stereocenters. The van der Waals surface area contributed by atoms with Gasteiger partial charge in [0, 0.05) is 25.7 Å². The van der Waals surface area contributed by atoms with E-state index < -0.39 is 0 Å². The van der Waals surface area contributed by atoms with Gasteiger partial charge in [-0.1, -0.05) is 12.8 Å². The number of piperidine rings is 1. The lowest BCUT2D eigenvalue weighted by molar-refractivity contribution is 0.185. The van der Waals surface area contributed by atoms with Gasteiger partial charge >= 0.3 is 6.03 Å². The zero-order valence-electron chi connectivity index (χ0n) is 10.5. The SMILES string of the molecule is NC(=O)N1CCC(NCCCCCCO)CC1. The Bertz CT molecular complexity index is 216. The number of nitrogens with one attached hydrogen (secondary N) is 1. The van der Waals surface area contributed by atoms with Gasteiger partial charge in [-0.2, -0.15) is 0 Å². The highest BCUT2D eigenvalue weighted by molar-refractivity contribution is 5.72. The van der Waals surface area contributed by atoms with Crippen LogP contribution in [0.4, 0.5) is 4.79 Å². The molecule has 1 fully saturated rings. The second-order valence-electron chi connectivity index (χ2n) is 4.69. The molecular weight excluding hydrogens is 218 g/mol.